The van der Waals surface area contributed by atoms with Gasteiger partial charge in [-0.3, -0.25) is 47.2 Å². The third kappa shape index (κ3) is 12.1. The van der Waals surface area contributed by atoms with Crippen molar-refractivity contribution in [2.45, 2.75) is 223 Å². The van der Waals surface area contributed by atoms with Crippen molar-refractivity contribution in [1.82, 2.24) is 28.1 Å². The van der Waals surface area contributed by atoms with Crippen molar-refractivity contribution in [2.75, 3.05) is 6.61 Å². The molecule has 78 heavy (non-hydrogen) atoms. The van der Waals surface area contributed by atoms with E-state index in [0.717, 1.165) is 86.9 Å². The van der Waals surface area contributed by atoms with Crippen LogP contribution in [0.4, 0.5) is 0 Å². The van der Waals surface area contributed by atoms with Crippen LogP contribution in [0, 0.1) is 35.5 Å². The standard InChI is InChI=1S/C31H43N3O4.C29H39N3O4.H3N2O.Na/c1-3-20-12-21-14-22(13-20)16-25(15-21)33-23-8-7-9-24(33)18-26(17-23)34-30(36)27-10-5-6-11-28(27)32(31(34)37)19-29(35)38-4-2;1-2-18-10-19-12-20(11-18)14-23(13-19)31-21-6-5-7-22(31)16-24(15-21)32-28(35)25-8-3-4-9-26(25)30(29(32)36)17-27(33)34;1-2-3;/h5-6,10-11,20-26H,3-4,7-9,12-19H2,1-2H3;3-4,8-9,18-24H,2,5-7,10-17H2,1H3,(H,33,34);3H,1H2;/q;;-1;+1/t20?,21-,22+,23-,24+,25?,26?;18?,19-,20+,21-,22+,23?,24?;;. The first-order valence-corrected chi connectivity index (χ1v) is 29.7. The Morgan fingerprint density at radius 3 is 1.24 bits per heavy atom. The van der Waals surface area contributed by atoms with E-state index in [2.05, 4.69) is 29.5 Å². The first kappa shape index (κ1) is 58.7. The van der Waals surface area contributed by atoms with Crippen molar-refractivity contribution >= 4 is 33.7 Å². The van der Waals surface area contributed by atoms with Crippen molar-refractivity contribution in [3.05, 3.63) is 95.8 Å². The zero-order chi connectivity index (χ0) is 54.1. The normalized spacial score (nSPS) is 32.4. The summed E-state index contributed by atoms with van der Waals surface area (Å²) in [6.07, 6.45) is 26.6. The first-order chi connectivity index (χ1) is 37.3. The zero-order valence-corrected chi connectivity index (χ0v) is 48.8. The van der Waals surface area contributed by atoms with Gasteiger partial charge in [-0.2, -0.15) is 0 Å². The maximum absolute atomic E-state index is 13.8. The van der Waals surface area contributed by atoms with Crippen molar-refractivity contribution in [3.63, 3.8) is 0 Å². The first-order valence-electron chi connectivity index (χ1n) is 29.7. The van der Waals surface area contributed by atoms with Gasteiger partial charge in [-0.05, 0) is 182 Å². The van der Waals surface area contributed by atoms with E-state index in [1.807, 2.05) is 11.7 Å². The molecule has 4 aromatic rings. The molecule has 0 amide bonds. The largest absolute Gasteiger partial charge is 1.00 e. The molecule has 18 heteroatoms. The number of nitrogens with two attached hydrogens (primary N) is 1. The molecule has 4 N–H and O–H groups in total. The van der Waals surface area contributed by atoms with Gasteiger partial charge in [0.25, 0.3) is 11.1 Å². The second-order valence-corrected chi connectivity index (χ2v) is 24.7. The average molecular weight is 1090 g/mol. The minimum absolute atomic E-state index is 0. The maximum atomic E-state index is 13.8. The van der Waals surface area contributed by atoms with Crippen molar-refractivity contribution in [1.29, 1.82) is 0 Å². The number of aliphatic carboxylic acids is 1. The Balaban J connectivity index is 0.000000179. The van der Waals surface area contributed by atoms with Gasteiger partial charge in [0.05, 0.1) is 28.4 Å². The number of carbonyl (C=O) groups is 2. The maximum Gasteiger partial charge on any atom is 1.00 e. The van der Waals surface area contributed by atoms with E-state index in [4.69, 9.17) is 9.94 Å². The van der Waals surface area contributed by atoms with E-state index in [1.54, 1.807) is 49.4 Å². The van der Waals surface area contributed by atoms with Crippen LogP contribution in [0.1, 0.15) is 174 Å². The molecular formula is C60H85N8NaO9. The molecule has 17 nitrogen and oxygen atoms in total. The Morgan fingerprint density at radius 2 is 0.897 bits per heavy atom. The van der Waals surface area contributed by atoms with Gasteiger partial charge in [-0.1, -0.05) is 63.8 Å². The molecule has 4 saturated carbocycles. The number of aromatic nitrogens is 4. The molecule has 14 atom stereocenters. The van der Waals surface area contributed by atoms with Gasteiger partial charge >= 0.3 is 52.9 Å². The molecule has 4 aliphatic carbocycles. The van der Waals surface area contributed by atoms with Gasteiger partial charge in [0.1, 0.15) is 13.1 Å². The van der Waals surface area contributed by atoms with Crippen LogP contribution >= 0.6 is 0 Å². The van der Waals surface area contributed by atoms with Crippen LogP contribution in [-0.2, 0) is 27.4 Å². The summed E-state index contributed by atoms with van der Waals surface area (Å²) < 4.78 is 10.8. The predicted octanol–water partition coefficient (Wildman–Crippen LogP) is 5.93. The Bertz CT molecular complexity index is 2940. The number of carbonyl (C=O) groups excluding carboxylic acids is 1. The van der Waals surface area contributed by atoms with E-state index in [9.17, 15) is 33.9 Å². The molecule has 12 rings (SSSR count). The smallest absolute Gasteiger partial charge is 0.488 e. The minimum atomic E-state index is -1.08. The molecular weight excluding hydrogens is 1000 g/mol. The summed E-state index contributed by atoms with van der Waals surface area (Å²) >= 11 is 0. The quantitative estimate of drug-likeness (QED) is 0.0690. The number of carboxylic acids is 1. The van der Waals surface area contributed by atoms with Crippen LogP contribution in [-0.4, -0.2) is 93.2 Å². The third-order valence-electron chi connectivity index (χ3n) is 20.2. The van der Waals surface area contributed by atoms with E-state index < -0.39 is 24.2 Å². The monoisotopic (exact) mass is 1080 g/mol. The molecule has 8 fully saturated rings. The molecule has 8 aliphatic rings. The SMILES string of the molecule is CCC1C[C@@H]2CC(N3[C@@H]4CCC[C@H]3CC(n3c(=O)c5ccccc5n(CC(=O)O)c3=O)C4)C[C@H](C1)C2.CCOC(=O)Cn1c(=O)n(C2C[C@H]3CCC[C@@H](C2)N3C2C[C@H]3CC(CC)C[C@@H](C2)C3)c(=O)c2ccccc21.N[N-]O.[Na+]. The second kappa shape index (κ2) is 25.9. The molecule has 8 bridgehead atoms. The van der Waals surface area contributed by atoms with Gasteiger partial charge in [0.15, 0.2) is 0 Å². The molecule has 2 aromatic heterocycles. The molecule has 6 heterocycles. The van der Waals surface area contributed by atoms with Crippen LogP contribution in [0.5, 0.6) is 0 Å². The second-order valence-electron chi connectivity index (χ2n) is 24.7. The van der Waals surface area contributed by atoms with Crippen molar-refractivity contribution in [2.24, 2.45) is 41.4 Å². The molecule has 0 spiro atoms. The van der Waals surface area contributed by atoms with Crippen LogP contribution in [0.15, 0.2) is 67.7 Å². The fourth-order valence-electron chi connectivity index (χ4n) is 17.6. The van der Waals surface area contributed by atoms with Gasteiger partial charge in [0.2, 0.25) is 0 Å². The van der Waals surface area contributed by atoms with Crippen LogP contribution in [0.3, 0.4) is 0 Å². The number of benzene rings is 2. The van der Waals surface area contributed by atoms with E-state index in [-0.39, 0.29) is 71.6 Å². The summed E-state index contributed by atoms with van der Waals surface area (Å²) in [5, 5.41) is 17.4. The number of hydrogen-bond acceptors (Lipinski definition) is 11. The van der Waals surface area contributed by atoms with Gasteiger partial charge < -0.3 is 26.5 Å². The summed E-state index contributed by atoms with van der Waals surface area (Å²) in [4.78, 5) is 84.4. The van der Waals surface area contributed by atoms with Crippen molar-refractivity contribution < 1.29 is 54.2 Å². The van der Waals surface area contributed by atoms with Crippen molar-refractivity contribution in [3.8, 4) is 0 Å². The Labute approximate surface area is 480 Å². The molecule has 420 valence electrons. The zero-order valence-electron chi connectivity index (χ0n) is 46.8. The van der Waals surface area contributed by atoms with Gasteiger partial charge in [-0.25, -0.2) is 9.59 Å². The summed E-state index contributed by atoms with van der Waals surface area (Å²) in [5.74, 6) is 7.78. The van der Waals surface area contributed by atoms with E-state index in [1.165, 1.54) is 108 Å². The molecule has 6 unspecified atom stereocenters. The Kier molecular flexibility index (Phi) is 19.5. The fourth-order valence-corrected chi connectivity index (χ4v) is 17.6. The fraction of sp³-hybridized carbons (Fsp3) is 0.700. The number of nitrogens with zero attached hydrogens (tertiary/aromatic N) is 7. The Morgan fingerprint density at radius 1 is 0.538 bits per heavy atom. The number of hydrogen-bond donors (Lipinski definition) is 3. The number of fused-ring (bicyclic) bond motifs is 10. The number of carboxylic acid groups (broad SMARTS) is 1. The third-order valence-corrected chi connectivity index (χ3v) is 20.2. The Hall–Kier alpha value is -3.94. The van der Waals surface area contributed by atoms with Gasteiger partial charge in [0, 0.05) is 48.3 Å². The average Bonchev–Trinajstić information content (AvgIpc) is 3.58. The molecule has 4 saturated heterocycles. The molecule has 0 radical (unpaired) electrons. The van der Waals surface area contributed by atoms with E-state index >= 15 is 0 Å². The van der Waals surface area contributed by atoms with Crippen LogP contribution in [0.25, 0.3) is 27.4 Å². The summed E-state index contributed by atoms with van der Waals surface area (Å²) in [7, 11) is 0. The van der Waals surface area contributed by atoms with Crippen LogP contribution < -0.4 is 57.9 Å². The van der Waals surface area contributed by atoms with Gasteiger partial charge in [-0.15, -0.1) is 0 Å². The number of para-hydroxylation sites is 2. The van der Waals surface area contributed by atoms with Crippen LogP contribution in [0.2, 0.25) is 0 Å². The number of piperidine rings is 4. The topological polar surface area (TPSA) is 218 Å². The molecule has 2 aromatic carbocycles. The summed E-state index contributed by atoms with van der Waals surface area (Å²) in [5.41, 5.74) is 1.56. The molecule has 4 aliphatic heterocycles. The number of ether oxygens (including phenoxy) is 1. The minimum Gasteiger partial charge on any atom is -0.488 e. The number of esters is 1. The summed E-state index contributed by atoms with van der Waals surface area (Å²) in [6.45, 7) is 6.10. The van der Waals surface area contributed by atoms with E-state index in [0.29, 0.717) is 58.1 Å². The summed E-state index contributed by atoms with van der Waals surface area (Å²) in [6, 6.07) is 16.7. The number of rotatable bonds is 11. The predicted molar refractivity (Wildman–Crippen MR) is 297 cm³/mol.